The Bertz CT molecular complexity index is 470. The second kappa shape index (κ2) is 7.47. The zero-order valence-electron chi connectivity index (χ0n) is 12.1. The number of amides is 1. The molecule has 0 saturated carbocycles. The summed E-state index contributed by atoms with van der Waals surface area (Å²) in [6.07, 6.45) is 2.07. The van der Waals surface area contributed by atoms with E-state index in [0.29, 0.717) is 19.7 Å². The molecule has 21 heavy (non-hydrogen) atoms. The number of rotatable bonds is 6. The van der Waals surface area contributed by atoms with Gasteiger partial charge >= 0.3 is 0 Å². The van der Waals surface area contributed by atoms with Crippen molar-refractivity contribution in [2.45, 2.75) is 18.9 Å². The molecule has 0 radical (unpaired) electrons. The minimum absolute atomic E-state index is 0.0293. The van der Waals surface area contributed by atoms with Gasteiger partial charge in [0.25, 0.3) is 5.91 Å². The van der Waals surface area contributed by atoms with Crippen molar-refractivity contribution in [3.05, 3.63) is 35.4 Å². The van der Waals surface area contributed by atoms with Crippen LogP contribution in [0.5, 0.6) is 0 Å². The Labute approximate surface area is 123 Å². The third-order valence-corrected chi connectivity index (χ3v) is 3.57. The van der Waals surface area contributed by atoms with E-state index < -0.39 is 11.6 Å². The molecule has 116 valence electrons. The lowest BCUT2D eigenvalue weighted by Gasteiger charge is -2.25. The van der Waals surface area contributed by atoms with E-state index in [0.717, 1.165) is 37.6 Å². The number of halogens is 2. The fourth-order valence-electron chi connectivity index (χ4n) is 2.52. The second-order valence-electron chi connectivity index (χ2n) is 5.20. The molecule has 1 atom stereocenters. The van der Waals surface area contributed by atoms with Crippen LogP contribution in [0.4, 0.5) is 8.78 Å². The van der Waals surface area contributed by atoms with Gasteiger partial charge in [-0.3, -0.25) is 4.79 Å². The van der Waals surface area contributed by atoms with Crippen LogP contribution in [0.25, 0.3) is 0 Å². The molecule has 1 N–H and O–H groups in total. The van der Waals surface area contributed by atoms with Crippen molar-refractivity contribution in [3.63, 3.8) is 0 Å². The van der Waals surface area contributed by atoms with E-state index in [1.165, 1.54) is 0 Å². The summed E-state index contributed by atoms with van der Waals surface area (Å²) in [6.45, 7) is 2.23. The quantitative estimate of drug-likeness (QED) is 0.871. The van der Waals surface area contributed by atoms with Gasteiger partial charge in [-0.1, -0.05) is 0 Å². The Morgan fingerprint density at radius 1 is 1.38 bits per heavy atom. The van der Waals surface area contributed by atoms with Crippen LogP contribution in [0.2, 0.25) is 0 Å². The van der Waals surface area contributed by atoms with Gasteiger partial charge in [0.05, 0.1) is 6.61 Å². The molecule has 1 heterocycles. The summed E-state index contributed by atoms with van der Waals surface area (Å²) in [5, 5.41) is 3.31. The Balaban J connectivity index is 2.11. The predicted octanol–water partition coefficient (Wildman–Crippen LogP) is 1.81. The van der Waals surface area contributed by atoms with Crippen molar-refractivity contribution in [3.8, 4) is 0 Å². The highest BCUT2D eigenvalue weighted by Gasteiger charge is 2.23. The van der Waals surface area contributed by atoms with Gasteiger partial charge in [-0.05, 0) is 31.5 Å². The van der Waals surface area contributed by atoms with Crippen molar-refractivity contribution in [1.29, 1.82) is 0 Å². The van der Waals surface area contributed by atoms with Gasteiger partial charge in [-0.2, -0.15) is 0 Å². The number of hydrogen-bond donors (Lipinski definition) is 1. The lowest BCUT2D eigenvalue weighted by Crippen LogP contribution is -2.42. The molecule has 1 unspecified atom stereocenters. The van der Waals surface area contributed by atoms with Crippen LogP contribution in [-0.2, 0) is 4.74 Å². The van der Waals surface area contributed by atoms with E-state index in [1.54, 1.807) is 12.0 Å². The first-order valence-electron chi connectivity index (χ1n) is 7.08. The Morgan fingerprint density at radius 2 is 2.10 bits per heavy atom. The normalized spacial score (nSPS) is 18.0. The van der Waals surface area contributed by atoms with E-state index >= 15 is 0 Å². The average Bonchev–Trinajstić information content (AvgIpc) is 2.94. The average molecular weight is 298 g/mol. The van der Waals surface area contributed by atoms with Crippen LogP contribution in [0.15, 0.2) is 18.2 Å². The topological polar surface area (TPSA) is 41.6 Å². The number of hydrogen-bond acceptors (Lipinski definition) is 3. The first-order valence-corrected chi connectivity index (χ1v) is 7.08. The van der Waals surface area contributed by atoms with Crippen LogP contribution in [0, 0.1) is 11.6 Å². The fourth-order valence-corrected chi connectivity index (χ4v) is 2.52. The summed E-state index contributed by atoms with van der Waals surface area (Å²) in [5.74, 6) is -1.87. The third kappa shape index (κ3) is 4.47. The monoisotopic (exact) mass is 298 g/mol. The maximum absolute atomic E-state index is 13.3. The second-order valence-corrected chi connectivity index (χ2v) is 5.20. The van der Waals surface area contributed by atoms with Gasteiger partial charge in [0.15, 0.2) is 0 Å². The van der Waals surface area contributed by atoms with E-state index in [4.69, 9.17) is 4.74 Å². The molecule has 0 aliphatic carbocycles. The van der Waals surface area contributed by atoms with Gasteiger partial charge in [0.2, 0.25) is 0 Å². The summed E-state index contributed by atoms with van der Waals surface area (Å²) < 4.78 is 31.5. The van der Waals surface area contributed by atoms with Gasteiger partial charge in [-0.25, -0.2) is 8.78 Å². The number of nitrogens with zero attached hydrogens (tertiary/aromatic N) is 1. The highest BCUT2D eigenvalue weighted by atomic mass is 19.1. The van der Waals surface area contributed by atoms with Crippen LogP contribution in [0.1, 0.15) is 23.2 Å². The third-order valence-electron chi connectivity index (χ3n) is 3.57. The molecule has 4 nitrogen and oxygen atoms in total. The zero-order chi connectivity index (χ0) is 15.2. The van der Waals surface area contributed by atoms with Crippen molar-refractivity contribution >= 4 is 5.91 Å². The minimum atomic E-state index is -0.746. The summed E-state index contributed by atoms with van der Waals surface area (Å²) in [7, 11) is 1.55. The van der Waals surface area contributed by atoms with Crippen LogP contribution >= 0.6 is 0 Å². The standard InChI is InChI=1S/C15H20F2N2O2/c1-21-6-5-19(10-14-3-2-4-18-14)15(20)11-7-12(16)9-13(17)8-11/h7-9,14,18H,2-6,10H2,1H3. The number of carbonyl (C=O) groups excluding carboxylic acids is 1. The molecule has 1 aromatic rings. The van der Waals surface area contributed by atoms with Gasteiger partial charge in [-0.15, -0.1) is 0 Å². The molecule has 1 aliphatic heterocycles. The van der Waals surface area contributed by atoms with Crippen molar-refractivity contribution in [2.24, 2.45) is 0 Å². The van der Waals surface area contributed by atoms with Crippen LogP contribution < -0.4 is 5.32 Å². The maximum atomic E-state index is 13.3. The molecule has 0 bridgehead atoms. The van der Waals surface area contributed by atoms with E-state index in [1.807, 2.05) is 0 Å². The first-order chi connectivity index (χ1) is 10.1. The SMILES string of the molecule is COCCN(CC1CCCN1)C(=O)c1cc(F)cc(F)c1. The van der Waals surface area contributed by atoms with Crippen molar-refractivity contribution in [2.75, 3.05) is 33.4 Å². The Kier molecular flexibility index (Phi) is 5.64. The predicted molar refractivity (Wildman–Crippen MR) is 75.2 cm³/mol. The highest BCUT2D eigenvalue weighted by Crippen LogP contribution is 2.13. The number of benzene rings is 1. The van der Waals surface area contributed by atoms with Crippen molar-refractivity contribution in [1.82, 2.24) is 10.2 Å². The van der Waals surface area contributed by atoms with Gasteiger partial charge in [0, 0.05) is 37.9 Å². The Hall–Kier alpha value is -1.53. The molecule has 1 amide bonds. The maximum Gasteiger partial charge on any atom is 0.254 e. The molecular formula is C15H20F2N2O2. The van der Waals surface area contributed by atoms with Crippen LogP contribution in [0.3, 0.4) is 0 Å². The lowest BCUT2D eigenvalue weighted by atomic mass is 10.1. The highest BCUT2D eigenvalue weighted by molar-refractivity contribution is 5.94. The van der Waals surface area contributed by atoms with Crippen LogP contribution in [-0.4, -0.2) is 50.2 Å². The molecule has 1 saturated heterocycles. The Morgan fingerprint density at radius 3 is 2.67 bits per heavy atom. The van der Waals surface area contributed by atoms with E-state index in [-0.39, 0.29) is 17.5 Å². The zero-order valence-corrected chi connectivity index (χ0v) is 12.1. The molecule has 0 spiro atoms. The molecule has 1 aliphatic rings. The number of ether oxygens (including phenoxy) is 1. The summed E-state index contributed by atoms with van der Waals surface area (Å²) in [5.41, 5.74) is 0.0293. The number of methoxy groups -OCH3 is 1. The first kappa shape index (κ1) is 15.9. The smallest absolute Gasteiger partial charge is 0.254 e. The van der Waals surface area contributed by atoms with Crippen molar-refractivity contribution < 1.29 is 18.3 Å². The number of nitrogens with one attached hydrogen (secondary N) is 1. The molecule has 6 heteroatoms. The van der Waals surface area contributed by atoms with E-state index in [9.17, 15) is 13.6 Å². The van der Waals surface area contributed by atoms with Gasteiger partial charge in [0.1, 0.15) is 11.6 Å². The summed E-state index contributed by atoms with van der Waals surface area (Å²) in [6, 6.07) is 3.11. The van der Waals surface area contributed by atoms with Gasteiger partial charge < -0.3 is 15.0 Å². The van der Waals surface area contributed by atoms with E-state index in [2.05, 4.69) is 5.32 Å². The lowest BCUT2D eigenvalue weighted by molar-refractivity contribution is 0.0678. The molecule has 0 aromatic heterocycles. The molecule has 2 rings (SSSR count). The molecular weight excluding hydrogens is 278 g/mol. The molecule has 1 fully saturated rings. The largest absolute Gasteiger partial charge is 0.383 e. The fraction of sp³-hybridized carbons (Fsp3) is 0.533. The number of carbonyl (C=O) groups is 1. The minimum Gasteiger partial charge on any atom is -0.383 e. The summed E-state index contributed by atoms with van der Waals surface area (Å²) >= 11 is 0. The summed E-state index contributed by atoms with van der Waals surface area (Å²) in [4.78, 5) is 14.0. The molecule has 1 aromatic carbocycles.